The molecule has 0 saturated carbocycles. The Hall–Kier alpha value is -2.55. The van der Waals surface area contributed by atoms with Crippen LogP contribution in [0.4, 0.5) is 5.69 Å². The molecule has 1 aromatic heterocycles. The maximum absolute atomic E-state index is 4.63. The zero-order valence-electron chi connectivity index (χ0n) is 16.5. The molecule has 152 valence electrons. The van der Waals surface area contributed by atoms with Crippen LogP contribution < -0.4 is 15.5 Å². The van der Waals surface area contributed by atoms with Gasteiger partial charge < -0.3 is 15.5 Å². The van der Waals surface area contributed by atoms with E-state index < -0.39 is 0 Å². The van der Waals surface area contributed by atoms with Gasteiger partial charge in [-0.1, -0.05) is 36.4 Å². The fraction of sp³-hybridized carbons (Fsp3) is 0.273. The van der Waals surface area contributed by atoms with Crippen LogP contribution in [0, 0.1) is 0 Å². The number of anilines is 1. The summed E-state index contributed by atoms with van der Waals surface area (Å²) in [4.78, 5) is 6.78. The van der Waals surface area contributed by atoms with Crippen molar-refractivity contribution in [1.29, 1.82) is 0 Å². The number of rotatable bonds is 5. The van der Waals surface area contributed by atoms with Gasteiger partial charge in [-0.05, 0) is 36.8 Å². The molecule has 0 spiro atoms. The molecule has 0 bridgehead atoms. The molecule has 2 aromatic carbocycles. The molecule has 6 nitrogen and oxygen atoms in total. The van der Waals surface area contributed by atoms with Gasteiger partial charge in [-0.3, -0.25) is 4.99 Å². The molecule has 0 aliphatic carbocycles. The monoisotopic (exact) mass is 502 g/mol. The van der Waals surface area contributed by atoms with Crippen LogP contribution in [-0.4, -0.2) is 41.9 Å². The fourth-order valence-corrected chi connectivity index (χ4v) is 3.49. The second-order valence-corrected chi connectivity index (χ2v) is 6.92. The largest absolute Gasteiger partial charge is 0.369 e. The molecule has 1 saturated heterocycles. The van der Waals surface area contributed by atoms with E-state index in [0.29, 0.717) is 12.6 Å². The number of hydrogen-bond donors (Lipinski definition) is 2. The highest BCUT2D eigenvalue weighted by molar-refractivity contribution is 14.0. The number of halogens is 1. The molecule has 4 rings (SSSR count). The van der Waals surface area contributed by atoms with E-state index in [9.17, 15) is 0 Å². The minimum atomic E-state index is 0. The summed E-state index contributed by atoms with van der Waals surface area (Å²) in [5.74, 6) is 0.814. The van der Waals surface area contributed by atoms with Crippen molar-refractivity contribution in [3.63, 3.8) is 0 Å². The topological polar surface area (TPSA) is 57.5 Å². The van der Waals surface area contributed by atoms with Crippen LogP contribution in [0.2, 0.25) is 0 Å². The van der Waals surface area contributed by atoms with Crippen molar-refractivity contribution in [3.8, 4) is 5.69 Å². The van der Waals surface area contributed by atoms with Gasteiger partial charge in [0.25, 0.3) is 0 Å². The Balaban J connectivity index is 0.00000240. The van der Waals surface area contributed by atoms with Gasteiger partial charge in [-0.2, -0.15) is 5.10 Å². The average molecular weight is 502 g/mol. The van der Waals surface area contributed by atoms with Gasteiger partial charge in [0, 0.05) is 38.1 Å². The number of nitrogens with one attached hydrogen (secondary N) is 2. The van der Waals surface area contributed by atoms with Gasteiger partial charge in [-0.25, -0.2) is 4.68 Å². The maximum atomic E-state index is 4.63. The van der Waals surface area contributed by atoms with Gasteiger partial charge in [0.2, 0.25) is 0 Å². The minimum absolute atomic E-state index is 0. The first-order chi connectivity index (χ1) is 13.8. The summed E-state index contributed by atoms with van der Waals surface area (Å²) in [5.41, 5.74) is 3.31. The molecule has 0 radical (unpaired) electrons. The number of aliphatic imine (C=N–C) groups is 1. The molecule has 1 unspecified atom stereocenters. The summed E-state index contributed by atoms with van der Waals surface area (Å²) in [6.07, 6.45) is 3.08. The molecule has 1 atom stereocenters. The molecule has 7 heteroatoms. The van der Waals surface area contributed by atoms with Crippen molar-refractivity contribution in [2.45, 2.75) is 19.0 Å². The number of para-hydroxylation sites is 2. The highest BCUT2D eigenvalue weighted by Crippen LogP contribution is 2.19. The van der Waals surface area contributed by atoms with Gasteiger partial charge in [0.15, 0.2) is 5.96 Å². The summed E-state index contributed by atoms with van der Waals surface area (Å²) in [5, 5.41) is 11.5. The molecule has 2 heterocycles. The van der Waals surface area contributed by atoms with Crippen molar-refractivity contribution in [3.05, 3.63) is 78.6 Å². The highest BCUT2D eigenvalue weighted by atomic mass is 127. The van der Waals surface area contributed by atoms with Crippen LogP contribution in [0.25, 0.3) is 5.69 Å². The highest BCUT2D eigenvalue weighted by Gasteiger charge is 2.23. The third kappa shape index (κ3) is 5.50. The lowest BCUT2D eigenvalue weighted by molar-refractivity contribution is 0.646. The van der Waals surface area contributed by atoms with E-state index in [1.807, 2.05) is 54.3 Å². The van der Waals surface area contributed by atoms with Crippen molar-refractivity contribution >= 4 is 35.6 Å². The molecule has 0 amide bonds. The van der Waals surface area contributed by atoms with Gasteiger partial charge in [-0.15, -0.1) is 24.0 Å². The minimum Gasteiger partial charge on any atom is -0.369 e. The Labute approximate surface area is 189 Å². The van der Waals surface area contributed by atoms with E-state index in [0.717, 1.165) is 36.9 Å². The van der Waals surface area contributed by atoms with Crippen LogP contribution in [0.1, 0.15) is 12.1 Å². The Morgan fingerprint density at radius 2 is 1.72 bits per heavy atom. The van der Waals surface area contributed by atoms with Crippen LogP contribution in [0.3, 0.4) is 0 Å². The Kier molecular flexibility index (Phi) is 7.51. The standard InChI is InChI=1S/C22H26N6.HI/c1-23-22(25-19-12-14-27(17-19)20-8-4-2-5-9-20)24-16-18-13-15-28(26-18)21-10-6-3-7-11-21;/h2-11,13,15,19H,12,14,16-17H2,1H3,(H2,23,24,25);1H. The van der Waals surface area contributed by atoms with Gasteiger partial charge >= 0.3 is 0 Å². The summed E-state index contributed by atoms with van der Waals surface area (Å²) in [6.45, 7) is 2.67. The predicted molar refractivity (Wildman–Crippen MR) is 129 cm³/mol. The summed E-state index contributed by atoms with van der Waals surface area (Å²) >= 11 is 0. The third-order valence-corrected chi connectivity index (χ3v) is 4.98. The molecule has 1 aliphatic rings. The zero-order chi connectivity index (χ0) is 19.2. The molecular formula is C22H27IN6. The molecule has 2 N–H and O–H groups in total. The van der Waals surface area contributed by atoms with Crippen LogP contribution >= 0.6 is 24.0 Å². The maximum Gasteiger partial charge on any atom is 0.191 e. The molecule has 1 aliphatic heterocycles. The molecule has 29 heavy (non-hydrogen) atoms. The van der Waals surface area contributed by atoms with Crippen molar-refractivity contribution in [2.24, 2.45) is 4.99 Å². The fourth-order valence-electron chi connectivity index (χ4n) is 3.49. The number of guanidine groups is 1. The van der Waals surface area contributed by atoms with Crippen molar-refractivity contribution in [2.75, 3.05) is 25.0 Å². The van der Waals surface area contributed by atoms with E-state index in [4.69, 9.17) is 0 Å². The number of benzene rings is 2. The van der Waals surface area contributed by atoms with Gasteiger partial charge in [0.1, 0.15) is 0 Å². The van der Waals surface area contributed by atoms with E-state index in [2.05, 4.69) is 56.0 Å². The predicted octanol–water partition coefficient (Wildman–Crippen LogP) is 3.43. The summed E-state index contributed by atoms with van der Waals surface area (Å²) in [7, 11) is 1.81. The average Bonchev–Trinajstić information content (AvgIpc) is 3.42. The number of nitrogens with zero attached hydrogens (tertiary/aromatic N) is 4. The summed E-state index contributed by atoms with van der Waals surface area (Å²) in [6, 6.07) is 23.1. The third-order valence-electron chi connectivity index (χ3n) is 4.98. The second-order valence-electron chi connectivity index (χ2n) is 6.92. The quantitative estimate of drug-likeness (QED) is 0.319. The molecule has 3 aromatic rings. The lowest BCUT2D eigenvalue weighted by atomic mass is 10.3. The van der Waals surface area contributed by atoms with E-state index >= 15 is 0 Å². The molecule has 1 fully saturated rings. The molecular weight excluding hydrogens is 475 g/mol. The first-order valence-corrected chi connectivity index (χ1v) is 9.69. The first-order valence-electron chi connectivity index (χ1n) is 9.69. The number of aromatic nitrogens is 2. The van der Waals surface area contributed by atoms with Crippen molar-refractivity contribution in [1.82, 2.24) is 20.4 Å². The van der Waals surface area contributed by atoms with Crippen LogP contribution in [-0.2, 0) is 6.54 Å². The second kappa shape index (κ2) is 10.3. The van der Waals surface area contributed by atoms with Crippen molar-refractivity contribution < 1.29 is 0 Å². The lowest BCUT2D eigenvalue weighted by Gasteiger charge is -2.20. The van der Waals surface area contributed by atoms with E-state index in [-0.39, 0.29) is 24.0 Å². The van der Waals surface area contributed by atoms with Crippen LogP contribution in [0.5, 0.6) is 0 Å². The smallest absolute Gasteiger partial charge is 0.191 e. The summed E-state index contributed by atoms with van der Waals surface area (Å²) < 4.78 is 1.89. The van der Waals surface area contributed by atoms with Gasteiger partial charge in [0.05, 0.1) is 17.9 Å². The van der Waals surface area contributed by atoms with E-state index in [1.54, 1.807) is 0 Å². The first kappa shape index (κ1) is 21.2. The number of hydrogen-bond acceptors (Lipinski definition) is 3. The Bertz CT molecular complexity index is 909. The Morgan fingerprint density at radius 3 is 2.41 bits per heavy atom. The Morgan fingerprint density at radius 1 is 1.03 bits per heavy atom. The SMILES string of the molecule is CN=C(NCc1ccn(-c2ccccc2)n1)NC1CCN(c2ccccc2)C1.I. The normalized spacial score (nSPS) is 16.4. The van der Waals surface area contributed by atoms with Crippen LogP contribution in [0.15, 0.2) is 77.9 Å². The zero-order valence-corrected chi connectivity index (χ0v) is 18.9. The van der Waals surface area contributed by atoms with E-state index in [1.165, 1.54) is 5.69 Å². The lowest BCUT2D eigenvalue weighted by Crippen LogP contribution is -2.44.